The highest BCUT2D eigenvalue weighted by molar-refractivity contribution is 7.92. The monoisotopic (exact) mass is 498 g/mol. The van der Waals surface area contributed by atoms with Crippen LogP contribution in [0.5, 0.6) is 17.2 Å². The number of sulfonamides is 1. The van der Waals surface area contributed by atoms with E-state index < -0.39 is 22.5 Å². The summed E-state index contributed by atoms with van der Waals surface area (Å²) in [5, 5.41) is 2.78. The van der Waals surface area contributed by atoms with Crippen molar-refractivity contribution in [3.05, 3.63) is 72.3 Å². The average molecular weight is 499 g/mol. The molecule has 0 atom stereocenters. The van der Waals surface area contributed by atoms with Crippen LogP contribution in [0, 0.1) is 0 Å². The second-order valence-corrected chi connectivity index (χ2v) is 9.42. The quantitative estimate of drug-likeness (QED) is 0.418. The van der Waals surface area contributed by atoms with Crippen molar-refractivity contribution in [2.75, 3.05) is 37.0 Å². The first-order valence-corrected chi connectivity index (χ1v) is 12.6. The molecule has 0 saturated carbocycles. The van der Waals surface area contributed by atoms with Gasteiger partial charge < -0.3 is 19.5 Å². The van der Waals surface area contributed by atoms with E-state index in [1.807, 2.05) is 26.0 Å². The second kappa shape index (κ2) is 11.6. The summed E-state index contributed by atoms with van der Waals surface area (Å²) in [7, 11) is -1.24. The van der Waals surface area contributed by atoms with Crippen LogP contribution in [-0.4, -0.2) is 41.7 Å². The predicted molar refractivity (Wildman–Crippen MR) is 136 cm³/mol. The molecule has 8 nitrogen and oxygen atoms in total. The van der Waals surface area contributed by atoms with Crippen molar-refractivity contribution in [1.29, 1.82) is 0 Å². The maximum atomic E-state index is 13.7. The zero-order chi connectivity index (χ0) is 25.4. The standard InChI is InChI=1S/C26H30N2O6S/c1-5-19-7-9-20(10-8-19)27-26(29)18-28(21-11-13-22(14-12-21)34-6-2)35(30,31)23-15-16-24(32-3)25(17-23)33-4/h7-17H,5-6,18H2,1-4H3,(H,27,29). The third-order valence-corrected chi connectivity index (χ3v) is 7.08. The minimum Gasteiger partial charge on any atom is -0.494 e. The summed E-state index contributed by atoms with van der Waals surface area (Å²) in [5.41, 5.74) is 2.04. The third-order valence-electron chi connectivity index (χ3n) is 5.31. The van der Waals surface area contributed by atoms with E-state index in [1.54, 1.807) is 36.4 Å². The number of ether oxygens (including phenoxy) is 3. The molecule has 3 aromatic carbocycles. The number of hydrogen-bond donors (Lipinski definition) is 1. The summed E-state index contributed by atoms with van der Waals surface area (Å²) in [5.74, 6) is 0.778. The maximum absolute atomic E-state index is 13.7. The Kier molecular flexibility index (Phi) is 8.59. The van der Waals surface area contributed by atoms with Crippen molar-refractivity contribution < 1.29 is 27.4 Å². The van der Waals surface area contributed by atoms with Crippen LogP contribution in [-0.2, 0) is 21.2 Å². The first-order valence-electron chi connectivity index (χ1n) is 11.2. The van der Waals surface area contributed by atoms with Crippen molar-refractivity contribution in [3.63, 3.8) is 0 Å². The van der Waals surface area contributed by atoms with Crippen LogP contribution in [0.4, 0.5) is 11.4 Å². The topological polar surface area (TPSA) is 94.2 Å². The fourth-order valence-electron chi connectivity index (χ4n) is 3.45. The zero-order valence-corrected chi connectivity index (χ0v) is 21.1. The molecule has 0 unspecified atom stereocenters. The third kappa shape index (κ3) is 6.24. The Labute approximate surface area is 206 Å². The molecule has 3 rings (SSSR count). The van der Waals surface area contributed by atoms with Gasteiger partial charge in [-0.25, -0.2) is 8.42 Å². The van der Waals surface area contributed by atoms with Crippen LogP contribution >= 0.6 is 0 Å². The van der Waals surface area contributed by atoms with E-state index in [0.717, 1.165) is 16.3 Å². The molecule has 1 amide bonds. The van der Waals surface area contributed by atoms with Gasteiger partial charge in [0.2, 0.25) is 5.91 Å². The van der Waals surface area contributed by atoms with Crippen molar-refractivity contribution in [3.8, 4) is 17.2 Å². The molecule has 0 aliphatic rings. The van der Waals surface area contributed by atoms with E-state index in [2.05, 4.69) is 5.32 Å². The van der Waals surface area contributed by atoms with E-state index in [-0.39, 0.29) is 10.6 Å². The molecular formula is C26H30N2O6S. The number of carbonyl (C=O) groups is 1. The van der Waals surface area contributed by atoms with Gasteiger partial charge in [-0.3, -0.25) is 9.10 Å². The molecule has 0 aliphatic carbocycles. The van der Waals surface area contributed by atoms with Crippen LogP contribution in [0.2, 0.25) is 0 Å². The number of methoxy groups -OCH3 is 2. The van der Waals surface area contributed by atoms with Gasteiger partial charge in [-0.05, 0) is 67.4 Å². The van der Waals surface area contributed by atoms with Gasteiger partial charge in [0.05, 0.1) is 31.4 Å². The van der Waals surface area contributed by atoms with Gasteiger partial charge in [0.1, 0.15) is 12.3 Å². The lowest BCUT2D eigenvalue weighted by molar-refractivity contribution is -0.114. The van der Waals surface area contributed by atoms with Gasteiger partial charge in [0.15, 0.2) is 11.5 Å². The number of anilines is 2. The molecule has 35 heavy (non-hydrogen) atoms. The van der Waals surface area contributed by atoms with Crippen molar-refractivity contribution in [1.82, 2.24) is 0 Å². The minimum absolute atomic E-state index is 0.0378. The fourth-order valence-corrected chi connectivity index (χ4v) is 4.89. The number of nitrogens with one attached hydrogen (secondary N) is 1. The number of rotatable bonds is 11. The van der Waals surface area contributed by atoms with Crippen LogP contribution < -0.4 is 23.8 Å². The smallest absolute Gasteiger partial charge is 0.264 e. The highest BCUT2D eigenvalue weighted by atomic mass is 32.2. The maximum Gasteiger partial charge on any atom is 0.264 e. The van der Waals surface area contributed by atoms with Gasteiger partial charge in [-0.15, -0.1) is 0 Å². The molecule has 0 bridgehead atoms. The molecule has 3 aromatic rings. The number of hydrogen-bond acceptors (Lipinski definition) is 6. The van der Waals surface area contributed by atoms with E-state index in [9.17, 15) is 13.2 Å². The van der Waals surface area contributed by atoms with Crippen molar-refractivity contribution >= 4 is 27.3 Å². The fraction of sp³-hybridized carbons (Fsp3) is 0.269. The van der Waals surface area contributed by atoms with Crippen LogP contribution in [0.15, 0.2) is 71.6 Å². The number of nitrogens with zero attached hydrogens (tertiary/aromatic N) is 1. The SMILES string of the molecule is CCOc1ccc(N(CC(=O)Nc2ccc(CC)cc2)S(=O)(=O)c2ccc(OC)c(OC)c2)cc1. The molecular weight excluding hydrogens is 468 g/mol. The normalized spacial score (nSPS) is 11.0. The van der Waals surface area contributed by atoms with Gasteiger partial charge >= 0.3 is 0 Å². The summed E-state index contributed by atoms with van der Waals surface area (Å²) >= 11 is 0. The van der Waals surface area contributed by atoms with Crippen LogP contribution in [0.25, 0.3) is 0 Å². The highest BCUT2D eigenvalue weighted by Gasteiger charge is 2.28. The van der Waals surface area contributed by atoms with Crippen molar-refractivity contribution in [2.45, 2.75) is 25.2 Å². The average Bonchev–Trinajstić information content (AvgIpc) is 2.88. The summed E-state index contributed by atoms with van der Waals surface area (Å²) in [6, 6.07) is 18.3. The van der Waals surface area contributed by atoms with Gasteiger partial charge in [-0.2, -0.15) is 0 Å². The summed E-state index contributed by atoms with van der Waals surface area (Å²) in [6.07, 6.45) is 0.878. The molecule has 0 aromatic heterocycles. The van der Waals surface area contributed by atoms with Gasteiger partial charge in [-0.1, -0.05) is 19.1 Å². The Balaban J connectivity index is 1.96. The van der Waals surface area contributed by atoms with Gasteiger partial charge in [0.25, 0.3) is 10.0 Å². The lowest BCUT2D eigenvalue weighted by atomic mass is 10.1. The van der Waals surface area contributed by atoms with Crippen LogP contribution in [0.3, 0.4) is 0 Å². The molecule has 0 aliphatic heterocycles. The molecule has 0 fully saturated rings. The number of amides is 1. The number of aryl methyl sites for hydroxylation is 1. The molecule has 0 heterocycles. The number of benzene rings is 3. The predicted octanol–water partition coefficient (Wildman–Crippen LogP) is 4.50. The molecule has 0 saturated heterocycles. The highest BCUT2D eigenvalue weighted by Crippen LogP contribution is 2.32. The molecule has 186 valence electrons. The molecule has 0 radical (unpaired) electrons. The van der Waals surface area contributed by atoms with Gasteiger partial charge in [0, 0.05) is 11.8 Å². The number of carbonyl (C=O) groups excluding carboxylic acids is 1. The molecule has 1 N–H and O–H groups in total. The van der Waals surface area contributed by atoms with E-state index in [4.69, 9.17) is 14.2 Å². The first kappa shape index (κ1) is 25.9. The Hall–Kier alpha value is -3.72. The van der Waals surface area contributed by atoms with E-state index in [1.165, 1.54) is 32.4 Å². The Morgan fingerprint density at radius 3 is 2.11 bits per heavy atom. The zero-order valence-electron chi connectivity index (χ0n) is 20.3. The largest absolute Gasteiger partial charge is 0.494 e. The second-order valence-electron chi connectivity index (χ2n) is 7.55. The lowest BCUT2D eigenvalue weighted by Crippen LogP contribution is -2.38. The van der Waals surface area contributed by atoms with Crippen LogP contribution in [0.1, 0.15) is 19.4 Å². The summed E-state index contributed by atoms with van der Waals surface area (Å²) in [6.45, 7) is 3.95. The minimum atomic E-state index is -4.14. The molecule has 0 spiro atoms. The summed E-state index contributed by atoms with van der Waals surface area (Å²) < 4.78 is 44.4. The van der Waals surface area contributed by atoms with E-state index >= 15 is 0 Å². The lowest BCUT2D eigenvalue weighted by Gasteiger charge is -2.25. The Bertz CT molecular complexity index is 1240. The Morgan fingerprint density at radius 1 is 0.886 bits per heavy atom. The Morgan fingerprint density at radius 2 is 1.54 bits per heavy atom. The summed E-state index contributed by atoms with van der Waals surface area (Å²) in [4.78, 5) is 12.9. The first-order chi connectivity index (χ1) is 16.8. The van der Waals surface area contributed by atoms with Crippen molar-refractivity contribution in [2.24, 2.45) is 0 Å². The molecule has 9 heteroatoms. The van der Waals surface area contributed by atoms with E-state index in [0.29, 0.717) is 29.5 Å².